The van der Waals surface area contributed by atoms with Crippen LogP contribution in [0.1, 0.15) is 26.5 Å². The summed E-state index contributed by atoms with van der Waals surface area (Å²) >= 11 is 0. The lowest BCUT2D eigenvalue weighted by atomic mass is 10.1. The summed E-state index contributed by atoms with van der Waals surface area (Å²) < 4.78 is 7.44. The molecule has 2 aromatic rings. The fraction of sp³-hybridized carbons (Fsp3) is 0.643. The maximum Gasteiger partial charge on any atom is 0.224 e. The minimum absolute atomic E-state index is 0.0405. The number of anilines is 2. The van der Waals surface area contributed by atoms with Gasteiger partial charge in [0, 0.05) is 11.3 Å². The maximum atomic E-state index is 9.46. The van der Waals surface area contributed by atoms with Crippen LogP contribution in [-0.2, 0) is 4.74 Å². The van der Waals surface area contributed by atoms with Gasteiger partial charge in [-0.15, -0.1) is 0 Å². The van der Waals surface area contributed by atoms with Crippen LogP contribution in [0.3, 0.4) is 0 Å². The molecule has 0 amide bonds. The summed E-state index contributed by atoms with van der Waals surface area (Å²) in [7, 11) is 0. The summed E-state index contributed by atoms with van der Waals surface area (Å²) in [6.07, 6.45) is 0.794. The van der Waals surface area contributed by atoms with Crippen LogP contribution in [0.4, 0.5) is 11.8 Å². The van der Waals surface area contributed by atoms with Crippen molar-refractivity contribution >= 4 is 22.9 Å². The standard InChI is InChI=1S/C14H21N9O3/c1-14(2,5-25)20-11-10-12(19-13(15)18-11)23(6-17-10)9-3-7(21-22-16)8(4-24)26-9/h6-9,24-25H,3-5H2,1-2H3,(H3,15,18,19,20)/t7-,8-,9-/m1/s1. The number of aliphatic hydroxyl groups excluding tert-OH is 2. The van der Waals surface area contributed by atoms with Gasteiger partial charge in [-0.2, -0.15) is 9.97 Å². The molecule has 140 valence electrons. The highest BCUT2D eigenvalue weighted by Gasteiger charge is 2.36. The Hall–Kier alpha value is -2.66. The van der Waals surface area contributed by atoms with Crippen LogP contribution in [0, 0.1) is 0 Å². The number of imidazole rings is 1. The number of aromatic nitrogens is 4. The lowest BCUT2D eigenvalue weighted by Crippen LogP contribution is -2.35. The van der Waals surface area contributed by atoms with Gasteiger partial charge in [0.1, 0.15) is 6.23 Å². The van der Waals surface area contributed by atoms with Crippen molar-refractivity contribution in [2.24, 2.45) is 5.11 Å². The van der Waals surface area contributed by atoms with E-state index in [1.54, 1.807) is 4.57 Å². The molecule has 3 heterocycles. The van der Waals surface area contributed by atoms with E-state index in [4.69, 9.17) is 16.0 Å². The SMILES string of the molecule is CC(C)(CO)Nc1nc(N)nc2c1ncn2[C@H]1C[C@@H](N=[N+]=[N-])[C@@H](CO)O1. The predicted octanol–water partition coefficient (Wildman–Crippen LogP) is 0.550. The fourth-order valence-corrected chi connectivity index (χ4v) is 2.83. The molecule has 12 nitrogen and oxygen atoms in total. The first-order valence-electron chi connectivity index (χ1n) is 8.08. The minimum Gasteiger partial charge on any atom is -0.394 e. The Morgan fingerprint density at radius 1 is 1.50 bits per heavy atom. The van der Waals surface area contributed by atoms with Crippen molar-refractivity contribution in [1.29, 1.82) is 0 Å². The Morgan fingerprint density at radius 2 is 2.27 bits per heavy atom. The van der Waals surface area contributed by atoms with E-state index in [-0.39, 0.29) is 19.2 Å². The number of nitrogens with zero attached hydrogens (tertiary/aromatic N) is 7. The molecule has 0 spiro atoms. The molecule has 0 aromatic carbocycles. The van der Waals surface area contributed by atoms with Gasteiger partial charge in [0.25, 0.3) is 0 Å². The topological polar surface area (TPSA) is 180 Å². The summed E-state index contributed by atoms with van der Waals surface area (Å²) in [4.78, 5) is 15.5. The van der Waals surface area contributed by atoms with Gasteiger partial charge in [0.2, 0.25) is 5.95 Å². The smallest absolute Gasteiger partial charge is 0.224 e. The van der Waals surface area contributed by atoms with Crippen LogP contribution < -0.4 is 11.1 Å². The first-order valence-corrected chi connectivity index (χ1v) is 8.08. The van der Waals surface area contributed by atoms with E-state index in [0.717, 1.165) is 0 Å². The average molecular weight is 363 g/mol. The van der Waals surface area contributed by atoms with Crippen LogP contribution >= 0.6 is 0 Å². The number of fused-ring (bicyclic) bond motifs is 1. The van der Waals surface area contributed by atoms with Gasteiger partial charge in [-0.1, -0.05) is 5.11 Å². The third-order valence-corrected chi connectivity index (χ3v) is 4.19. The molecule has 26 heavy (non-hydrogen) atoms. The second-order valence-electron chi connectivity index (χ2n) is 6.74. The maximum absolute atomic E-state index is 9.46. The molecule has 0 radical (unpaired) electrons. The number of aliphatic hydroxyl groups is 2. The lowest BCUT2D eigenvalue weighted by molar-refractivity contribution is -0.0232. The van der Waals surface area contributed by atoms with E-state index in [2.05, 4.69) is 30.3 Å². The molecular formula is C14H21N9O3. The third kappa shape index (κ3) is 3.35. The summed E-state index contributed by atoms with van der Waals surface area (Å²) in [6, 6.07) is -0.488. The number of hydrogen-bond donors (Lipinski definition) is 4. The van der Waals surface area contributed by atoms with Gasteiger partial charge in [-0.05, 0) is 19.4 Å². The number of nitrogen functional groups attached to an aromatic ring is 1. The molecule has 1 saturated heterocycles. The van der Waals surface area contributed by atoms with E-state index in [1.807, 2.05) is 13.8 Å². The normalized spacial score (nSPS) is 23.2. The van der Waals surface area contributed by atoms with Crippen molar-refractivity contribution in [2.45, 2.75) is 44.2 Å². The van der Waals surface area contributed by atoms with Gasteiger partial charge in [0.05, 0.1) is 37.2 Å². The Kier molecular flexibility index (Phi) is 4.83. The molecule has 1 aliphatic heterocycles. The molecule has 0 saturated carbocycles. The number of rotatable bonds is 6. The predicted molar refractivity (Wildman–Crippen MR) is 93.1 cm³/mol. The second-order valence-corrected chi connectivity index (χ2v) is 6.74. The van der Waals surface area contributed by atoms with Crippen LogP contribution in [0.5, 0.6) is 0 Å². The minimum atomic E-state index is -0.629. The summed E-state index contributed by atoms with van der Waals surface area (Å²) in [5.74, 6) is 0.437. The van der Waals surface area contributed by atoms with Crippen molar-refractivity contribution in [3.63, 3.8) is 0 Å². The first-order chi connectivity index (χ1) is 12.4. The van der Waals surface area contributed by atoms with Gasteiger partial charge < -0.3 is 26.0 Å². The van der Waals surface area contributed by atoms with Crippen molar-refractivity contribution in [1.82, 2.24) is 19.5 Å². The third-order valence-electron chi connectivity index (χ3n) is 4.19. The quantitative estimate of drug-likeness (QED) is 0.326. The Bertz CT molecular complexity index is 846. The molecule has 1 aliphatic rings. The van der Waals surface area contributed by atoms with E-state index in [1.165, 1.54) is 6.33 Å². The highest BCUT2D eigenvalue weighted by molar-refractivity contribution is 5.84. The lowest BCUT2D eigenvalue weighted by Gasteiger charge is -2.24. The Labute approximate surface area is 148 Å². The van der Waals surface area contributed by atoms with Crippen molar-refractivity contribution in [3.8, 4) is 0 Å². The number of nitrogens with two attached hydrogens (primary N) is 1. The van der Waals surface area contributed by atoms with E-state index < -0.39 is 23.9 Å². The zero-order chi connectivity index (χ0) is 18.9. The molecule has 3 rings (SSSR count). The average Bonchev–Trinajstić information content (AvgIpc) is 3.18. The molecule has 12 heteroatoms. The van der Waals surface area contributed by atoms with Crippen molar-refractivity contribution in [2.75, 3.05) is 24.3 Å². The zero-order valence-corrected chi connectivity index (χ0v) is 14.4. The van der Waals surface area contributed by atoms with E-state index in [0.29, 0.717) is 23.4 Å². The second kappa shape index (κ2) is 6.92. The van der Waals surface area contributed by atoms with Crippen LogP contribution in [0.25, 0.3) is 21.6 Å². The van der Waals surface area contributed by atoms with Gasteiger partial charge in [0.15, 0.2) is 17.0 Å². The molecule has 0 bridgehead atoms. The molecule has 2 aromatic heterocycles. The van der Waals surface area contributed by atoms with Gasteiger partial charge >= 0.3 is 0 Å². The molecular weight excluding hydrogens is 342 g/mol. The zero-order valence-electron chi connectivity index (χ0n) is 14.4. The van der Waals surface area contributed by atoms with Gasteiger partial charge in [-0.3, -0.25) is 4.57 Å². The molecule has 0 unspecified atom stereocenters. The highest BCUT2D eigenvalue weighted by Crippen LogP contribution is 2.34. The van der Waals surface area contributed by atoms with Crippen LogP contribution in [0.2, 0.25) is 0 Å². The molecule has 3 atom stereocenters. The van der Waals surface area contributed by atoms with Crippen LogP contribution in [-0.4, -0.2) is 60.6 Å². The summed E-state index contributed by atoms with van der Waals surface area (Å²) in [5.41, 5.74) is 14.8. The number of ether oxygens (including phenoxy) is 1. The first kappa shape index (κ1) is 18.1. The molecule has 1 fully saturated rings. The molecule has 5 N–H and O–H groups in total. The Morgan fingerprint density at radius 3 is 2.92 bits per heavy atom. The van der Waals surface area contributed by atoms with Crippen molar-refractivity contribution < 1.29 is 14.9 Å². The van der Waals surface area contributed by atoms with Crippen LogP contribution in [0.15, 0.2) is 11.4 Å². The van der Waals surface area contributed by atoms with Crippen molar-refractivity contribution in [3.05, 3.63) is 16.8 Å². The van der Waals surface area contributed by atoms with E-state index >= 15 is 0 Å². The molecule has 0 aliphatic carbocycles. The van der Waals surface area contributed by atoms with Gasteiger partial charge in [-0.25, -0.2) is 4.98 Å². The largest absolute Gasteiger partial charge is 0.394 e. The number of hydrogen-bond acceptors (Lipinski definition) is 9. The fourth-order valence-electron chi connectivity index (χ4n) is 2.83. The summed E-state index contributed by atoms with van der Waals surface area (Å²) in [6.45, 7) is 3.24. The monoisotopic (exact) mass is 363 g/mol. The Balaban J connectivity index is 1.99. The highest BCUT2D eigenvalue weighted by atomic mass is 16.5. The number of azide groups is 1. The number of nitrogens with one attached hydrogen (secondary N) is 1. The van der Waals surface area contributed by atoms with E-state index in [9.17, 15) is 10.2 Å². The summed E-state index contributed by atoms with van der Waals surface area (Å²) in [5, 5.41) is 25.7.